The van der Waals surface area contributed by atoms with Crippen LogP contribution in [0.3, 0.4) is 0 Å². The van der Waals surface area contributed by atoms with Gasteiger partial charge in [0, 0.05) is 12.5 Å². The van der Waals surface area contributed by atoms with Gasteiger partial charge in [0.15, 0.2) is 0 Å². The highest BCUT2D eigenvalue weighted by atomic mass is 16.3. The summed E-state index contributed by atoms with van der Waals surface area (Å²) in [6.07, 6.45) is 5.08. The minimum Gasteiger partial charge on any atom is -0.508 e. The molecule has 0 bridgehead atoms. The Hall–Kier alpha value is -1.06. The molecule has 0 aliphatic heterocycles. The van der Waals surface area contributed by atoms with E-state index in [2.05, 4.69) is 13.0 Å². The van der Waals surface area contributed by atoms with E-state index in [9.17, 15) is 15.3 Å². The van der Waals surface area contributed by atoms with E-state index in [4.69, 9.17) is 0 Å². The molecule has 6 atom stereocenters. The molecule has 3 N–H and O–H groups in total. The SMILES string of the molecule is C[C@]12CCC3c4ccc(O)cc4[C@H](CO)CC3C1CC[C@@H]2O. The highest BCUT2D eigenvalue weighted by Crippen LogP contribution is 2.62. The lowest BCUT2D eigenvalue weighted by atomic mass is 9.54. The quantitative estimate of drug-likeness (QED) is 0.747. The molecule has 4 rings (SSSR count). The van der Waals surface area contributed by atoms with E-state index in [0.717, 1.165) is 37.7 Å². The summed E-state index contributed by atoms with van der Waals surface area (Å²) in [6.45, 7) is 2.41. The zero-order valence-electron chi connectivity index (χ0n) is 13.2. The van der Waals surface area contributed by atoms with E-state index in [1.54, 1.807) is 6.07 Å². The third-order valence-corrected chi connectivity index (χ3v) is 7.07. The number of phenols is 1. The Bertz CT molecular complexity index is 584. The molecule has 0 spiro atoms. The van der Waals surface area contributed by atoms with Gasteiger partial charge in [-0.15, -0.1) is 0 Å². The summed E-state index contributed by atoms with van der Waals surface area (Å²) in [5.74, 6) is 2.08. The molecule has 2 fully saturated rings. The van der Waals surface area contributed by atoms with Crippen molar-refractivity contribution >= 4 is 0 Å². The number of hydrogen-bond acceptors (Lipinski definition) is 3. The first-order valence-corrected chi connectivity index (χ1v) is 8.66. The van der Waals surface area contributed by atoms with Crippen LogP contribution in [0.1, 0.15) is 62.0 Å². The van der Waals surface area contributed by atoms with Gasteiger partial charge < -0.3 is 15.3 Å². The van der Waals surface area contributed by atoms with Gasteiger partial charge >= 0.3 is 0 Å². The van der Waals surface area contributed by atoms with Crippen LogP contribution in [0.4, 0.5) is 0 Å². The maximum atomic E-state index is 10.4. The molecule has 0 heterocycles. The van der Waals surface area contributed by atoms with Gasteiger partial charge in [-0.3, -0.25) is 0 Å². The highest BCUT2D eigenvalue weighted by Gasteiger charge is 2.55. The summed E-state index contributed by atoms with van der Waals surface area (Å²) in [4.78, 5) is 0. The molecule has 3 unspecified atom stereocenters. The van der Waals surface area contributed by atoms with Crippen LogP contribution in [-0.2, 0) is 0 Å². The van der Waals surface area contributed by atoms with Crippen molar-refractivity contribution in [2.75, 3.05) is 6.61 Å². The molecule has 3 heteroatoms. The lowest BCUT2D eigenvalue weighted by Gasteiger charge is -2.51. The lowest BCUT2D eigenvalue weighted by molar-refractivity contribution is -0.0265. The van der Waals surface area contributed by atoms with Gasteiger partial charge in [0.2, 0.25) is 0 Å². The second kappa shape index (κ2) is 4.97. The van der Waals surface area contributed by atoms with Crippen LogP contribution in [0, 0.1) is 17.3 Å². The first kappa shape index (κ1) is 14.5. The maximum Gasteiger partial charge on any atom is 0.115 e. The predicted octanol–water partition coefficient (Wildman–Crippen LogP) is 3.14. The summed E-state index contributed by atoms with van der Waals surface area (Å²) >= 11 is 0. The molecule has 1 aromatic carbocycles. The molecule has 3 nitrogen and oxygen atoms in total. The van der Waals surface area contributed by atoms with Crippen molar-refractivity contribution in [1.82, 2.24) is 0 Å². The molecule has 3 aliphatic rings. The summed E-state index contributed by atoms with van der Waals surface area (Å²) in [5, 5.41) is 30.1. The number of fused-ring (bicyclic) bond motifs is 5. The monoisotopic (exact) mass is 302 g/mol. The molecular formula is C19H26O3. The van der Waals surface area contributed by atoms with Gasteiger partial charge in [-0.2, -0.15) is 0 Å². The van der Waals surface area contributed by atoms with Crippen molar-refractivity contribution < 1.29 is 15.3 Å². The zero-order valence-corrected chi connectivity index (χ0v) is 13.2. The average Bonchev–Trinajstić information content (AvgIpc) is 2.82. The second-order valence-electron chi connectivity index (χ2n) is 7.94. The van der Waals surface area contributed by atoms with Gasteiger partial charge in [-0.1, -0.05) is 13.0 Å². The second-order valence-corrected chi connectivity index (χ2v) is 7.94. The van der Waals surface area contributed by atoms with E-state index in [-0.39, 0.29) is 24.0 Å². The number of rotatable bonds is 1. The Balaban J connectivity index is 1.76. The van der Waals surface area contributed by atoms with Crippen molar-refractivity contribution in [1.29, 1.82) is 0 Å². The van der Waals surface area contributed by atoms with Crippen LogP contribution in [0.15, 0.2) is 18.2 Å². The van der Waals surface area contributed by atoms with Crippen molar-refractivity contribution in [2.45, 2.75) is 57.0 Å². The summed E-state index contributed by atoms with van der Waals surface area (Å²) in [6, 6.07) is 5.70. The van der Waals surface area contributed by atoms with E-state index in [1.807, 2.05) is 6.07 Å². The van der Waals surface area contributed by atoms with Crippen LogP contribution in [0.2, 0.25) is 0 Å². The van der Waals surface area contributed by atoms with Gasteiger partial charge in [0.1, 0.15) is 5.75 Å². The van der Waals surface area contributed by atoms with E-state index in [0.29, 0.717) is 23.5 Å². The summed E-state index contributed by atoms with van der Waals surface area (Å²) in [5.41, 5.74) is 2.54. The van der Waals surface area contributed by atoms with Gasteiger partial charge in [0.05, 0.1) is 6.10 Å². The van der Waals surface area contributed by atoms with Gasteiger partial charge in [-0.05, 0) is 78.5 Å². The standard InChI is InChI=1S/C19H26O3/c1-19-7-6-14-13-3-2-12(21)9-15(13)11(10-20)8-16(14)17(19)4-5-18(19)22/h2-3,9,11,14,16-18,20-22H,4-8,10H2,1H3/t11-,14?,16?,17?,18-,19-/m0/s1. The van der Waals surface area contributed by atoms with Crippen LogP contribution in [0.5, 0.6) is 5.75 Å². The molecule has 0 saturated heterocycles. The number of aromatic hydroxyl groups is 1. The Morgan fingerprint density at radius 1 is 1.18 bits per heavy atom. The minimum absolute atomic E-state index is 0.0651. The van der Waals surface area contributed by atoms with Gasteiger partial charge in [0.25, 0.3) is 0 Å². The molecule has 0 aromatic heterocycles. The van der Waals surface area contributed by atoms with Crippen LogP contribution < -0.4 is 0 Å². The number of hydrogen-bond donors (Lipinski definition) is 3. The van der Waals surface area contributed by atoms with Gasteiger partial charge in [-0.25, -0.2) is 0 Å². The molecule has 3 aliphatic carbocycles. The molecule has 1 aromatic rings. The maximum absolute atomic E-state index is 10.4. The highest BCUT2D eigenvalue weighted by molar-refractivity contribution is 5.42. The van der Waals surface area contributed by atoms with Crippen LogP contribution in [-0.4, -0.2) is 28.0 Å². The summed E-state index contributed by atoms with van der Waals surface area (Å²) < 4.78 is 0. The fraction of sp³-hybridized carbons (Fsp3) is 0.684. The Kier molecular flexibility index (Phi) is 3.28. The Morgan fingerprint density at radius 3 is 2.77 bits per heavy atom. The van der Waals surface area contributed by atoms with E-state index < -0.39 is 0 Å². The molecule has 120 valence electrons. The largest absolute Gasteiger partial charge is 0.508 e. The number of aliphatic hydroxyl groups is 2. The average molecular weight is 302 g/mol. The first-order valence-electron chi connectivity index (χ1n) is 8.66. The molecule has 0 amide bonds. The van der Waals surface area contributed by atoms with Crippen molar-refractivity contribution in [3.05, 3.63) is 29.3 Å². The Morgan fingerprint density at radius 2 is 2.00 bits per heavy atom. The molecule has 2 saturated carbocycles. The number of aliphatic hydroxyl groups excluding tert-OH is 2. The third kappa shape index (κ3) is 1.88. The predicted molar refractivity (Wildman–Crippen MR) is 84.9 cm³/mol. The fourth-order valence-corrected chi connectivity index (χ4v) is 5.86. The molecule has 22 heavy (non-hydrogen) atoms. The fourth-order valence-electron chi connectivity index (χ4n) is 5.86. The van der Waals surface area contributed by atoms with Crippen molar-refractivity contribution in [3.8, 4) is 5.75 Å². The minimum atomic E-state index is -0.160. The van der Waals surface area contributed by atoms with Crippen LogP contribution in [0.25, 0.3) is 0 Å². The third-order valence-electron chi connectivity index (χ3n) is 7.07. The topological polar surface area (TPSA) is 60.7 Å². The van der Waals surface area contributed by atoms with E-state index >= 15 is 0 Å². The van der Waals surface area contributed by atoms with Crippen LogP contribution >= 0.6 is 0 Å². The first-order chi connectivity index (χ1) is 10.5. The van der Waals surface area contributed by atoms with Crippen molar-refractivity contribution in [2.24, 2.45) is 17.3 Å². The Labute approximate surface area is 132 Å². The number of benzene rings is 1. The zero-order chi connectivity index (χ0) is 15.5. The number of phenolic OH excluding ortho intramolecular Hbond substituents is 1. The van der Waals surface area contributed by atoms with Crippen molar-refractivity contribution in [3.63, 3.8) is 0 Å². The molecule has 0 radical (unpaired) electrons. The van der Waals surface area contributed by atoms with E-state index in [1.165, 1.54) is 5.56 Å². The molecular weight excluding hydrogens is 276 g/mol. The summed E-state index contributed by atoms with van der Waals surface area (Å²) in [7, 11) is 0. The smallest absolute Gasteiger partial charge is 0.115 e. The lowest BCUT2D eigenvalue weighted by Crippen LogP contribution is -2.44. The normalized spacial score (nSPS) is 43.3.